The smallest absolute Gasteiger partial charge is 0.242 e. The van der Waals surface area contributed by atoms with Gasteiger partial charge in [0, 0.05) is 13.6 Å². The molecule has 6 nitrogen and oxygen atoms in total. The van der Waals surface area contributed by atoms with Crippen LogP contribution in [-0.2, 0) is 11.8 Å². The van der Waals surface area contributed by atoms with Crippen molar-refractivity contribution in [2.24, 2.45) is 13.0 Å². The highest BCUT2D eigenvalue weighted by Crippen LogP contribution is 2.18. The van der Waals surface area contributed by atoms with Gasteiger partial charge in [-0.2, -0.15) is 10.4 Å². The molecule has 1 rings (SSSR count). The summed E-state index contributed by atoms with van der Waals surface area (Å²) >= 11 is 0. The minimum Gasteiger partial charge on any atom is -0.358 e. The SMILES string of the molecule is Cc1nn(C)c(NC(C)C(=O)NCC(C)C)c1C#N. The number of aryl methyl sites for hydroxylation is 2. The number of nitrogens with one attached hydrogen (secondary N) is 2. The maximum atomic E-state index is 11.9. The number of nitriles is 1. The molecular weight excluding hydrogens is 242 g/mol. The molecule has 2 N–H and O–H groups in total. The van der Waals surface area contributed by atoms with Gasteiger partial charge < -0.3 is 10.6 Å². The molecule has 104 valence electrons. The first-order valence-corrected chi connectivity index (χ1v) is 6.34. The van der Waals surface area contributed by atoms with Crippen molar-refractivity contribution in [1.82, 2.24) is 15.1 Å². The number of hydrogen-bond acceptors (Lipinski definition) is 4. The number of aromatic nitrogens is 2. The van der Waals surface area contributed by atoms with E-state index in [0.29, 0.717) is 29.5 Å². The lowest BCUT2D eigenvalue weighted by atomic mass is 10.2. The third kappa shape index (κ3) is 3.71. The molecule has 1 aromatic heterocycles. The van der Waals surface area contributed by atoms with Gasteiger partial charge in [-0.3, -0.25) is 9.48 Å². The van der Waals surface area contributed by atoms with Crippen LogP contribution in [0.2, 0.25) is 0 Å². The van der Waals surface area contributed by atoms with Crippen molar-refractivity contribution in [3.8, 4) is 6.07 Å². The van der Waals surface area contributed by atoms with Crippen molar-refractivity contribution in [2.75, 3.05) is 11.9 Å². The Labute approximate surface area is 113 Å². The Balaban J connectivity index is 2.75. The molecule has 0 saturated carbocycles. The van der Waals surface area contributed by atoms with Crippen LogP contribution in [0.3, 0.4) is 0 Å². The van der Waals surface area contributed by atoms with Crippen molar-refractivity contribution in [3.63, 3.8) is 0 Å². The van der Waals surface area contributed by atoms with E-state index in [0.717, 1.165) is 0 Å². The van der Waals surface area contributed by atoms with Gasteiger partial charge in [-0.1, -0.05) is 13.8 Å². The maximum absolute atomic E-state index is 11.9. The van der Waals surface area contributed by atoms with Gasteiger partial charge in [-0.25, -0.2) is 0 Å². The van der Waals surface area contributed by atoms with Crippen molar-refractivity contribution in [3.05, 3.63) is 11.3 Å². The second-order valence-electron chi connectivity index (χ2n) is 5.05. The summed E-state index contributed by atoms with van der Waals surface area (Å²) in [5, 5.41) is 19.2. The van der Waals surface area contributed by atoms with Crippen LogP contribution in [0.5, 0.6) is 0 Å². The van der Waals surface area contributed by atoms with E-state index < -0.39 is 6.04 Å². The zero-order chi connectivity index (χ0) is 14.6. The molecule has 1 amide bonds. The molecule has 0 saturated heterocycles. The average Bonchev–Trinajstić information content (AvgIpc) is 2.60. The molecule has 19 heavy (non-hydrogen) atoms. The third-order valence-corrected chi connectivity index (χ3v) is 2.77. The lowest BCUT2D eigenvalue weighted by Gasteiger charge is -2.16. The molecule has 1 atom stereocenters. The van der Waals surface area contributed by atoms with Crippen LogP contribution >= 0.6 is 0 Å². The zero-order valence-electron chi connectivity index (χ0n) is 12.1. The summed E-state index contributed by atoms with van der Waals surface area (Å²) in [6, 6.07) is 1.69. The van der Waals surface area contributed by atoms with Crippen LogP contribution in [0.4, 0.5) is 5.82 Å². The molecule has 0 aromatic carbocycles. The minimum atomic E-state index is -0.416. The molecule has 0 aliphatic rings. The Morgan fingerprint density at radius 2 is 2.11 bits per heavy atom. The van der Waals surface area contributed by atoms with Crippen LogP contribution in [0.1, 0.15) is 32.0 Å². The highest BCUT2D eigenvalue weighted by molar-refractivity contribution is 5.84. The first-order valence-electron chi connectivity index (χ1n) is 6.34. The predicted octanol–water partition coefficient (Wildman–Crippen LogP) is 1.17. The molecule has 0 fully saturated rings. The minimum absolute atomic E-state index is 0.0866. The van der Waals surface area contributed by atoms with Crippen LogP contribution < -0.4 is 10.6 Å². The highest BCUT2D eigenvalue weighted by Gasteiger charge is 2.18. The average molecular weight is 263 g/mol. The van der Waals surface area contributed by atoms with Crippen molar-refractivity contribution < 1.29 is 4.79 Å². The molecule has 1 aromatic rings. The summed E-state index contributed by atoms with van der Waals surface area (Å²) in [5.74, 6) is 0.897. The molecule has 0 aliphatic carbocycles. The molecule has 6 heteroatoms. The van der Waals surface area contributed by atoms with Gasteiger partial charge >= 0.3 is 0 Å². The van der Waals surface area contributed by atoms with E-state index in [2.05, 4.69) is 21.8 Å². The van der Waals surface area contributed by atoms with E-state index in [-0.39, 0.29) is 5.91 Å². The van der Waals surface area contributed by atoms with Gasteiger partial charge in [0.05, 0.1) is 5.69 Å². The van der Waals surface area contributed by atoms with E-state index in [1.165, 1.54) is 0 Å². The maximum Gasteiger partial charge on any atom is 0.242 e. The predicted molar refractivity (Wildman–Crippen MR) is 73.6 cm³/mol. The Hall–Kier alpha value is -2.03. The summed E-state index contributed by atoms with van der Waals surface area (Å²) in [5.41, 5.74) is 1.13. The quantitative estimate of drug-likeness (QED) is 0.835. The van der Waals surface area contributed by atoms with E-state index in [4.69, 9.17) is 5.26 Å². The fourth-order valence-electron chi connectivity index (χ4n) is 1.69. The second kappa shape index (κ2) is 6.23. The topological polar surface area (TPSA) is 82.7 Å². The number of anilines is 1. The van der Waals surface area contributed by atoms with E-state index in [1.807, 2.05) is 13.8 Å². The van der Waals surface area contributed by atoms with E-state index >= 15 is 0 Å². The lowest BCUT2D eigenvalue weighted by Crippen LogP contribution is -2.39. The van der Waals surface area contributed by atoms with E-state index in [1.54, 1.807) is 25.6 Å². The van der Waals surface area contributed by atoms with Crippen molar-refractivity contribution >= 4 is 11.7 Å². The molecule has 1 unspecified atom stereocenters. The number of carbonyl (C=O) groups excluding carboxylic acids is 1. The molecule has 0 bridgehead atoms. The summed E-state index contributed by atoms with van der Waals surface area (Å²) in [7, 11) is 1.74. The normalized spacial score (nSPS) is 12.1. The lowest BCUT2D eigenvalue weighted by molar-refractivity contribution is -0.121. The molecule has 0 radical (unpaired) electrons. The van der Waals surface area contributed by atoms with Crippen molar-refractivity contribution in [1.29, 1.82) is 5.26 Å². The Kier molecular flexibility index (Phi) is 4.93. The molecule has 1 heterocycles. The summed E-state index contributed by atoms with van der Waals surface area (Å²) in [6.07, 6.45) is 0. The van der Waals surface area contributed by atoms with Gasteiger partial charge in [0.1, 0.15) is 23.5 Å². The van der Waals surface area contributed by atoms with Crippen LogP contribution in [0.25, 0.3) is 0 Å². The number of rotatable bonds is 5. The Morgan fingerprint density at radius 3 is 2.63 bits per heavy atom. The van der Waals surface area contributed by atoms with Crippen LogP contribution in [-0.4, -0.2) is 28.3 Å². The fraction of sp³-hybridized carbons (Fsp3) is 0.615. The Morgan fingerprint density at radius 1 is 1.47 bits per heavy atom. The zero-order valence-corrected chi connectivity index (χ0v) is 12.1. The molecule has 0 spiro atoms. The van der Waals surface area contributed by atoms with Crippen LogP contribution in [0, 0.1) is 24.2 Å². The first-order chi connectivity index (χ1) is 8.86. The van der Waals surface area contributed by atoms with Gasteiger partial charge in [0.25, 0.3) is 0 Å². The standard InChI is InChI=1S/C13H21N5O/c1-8(2)7-15-13(19)10(4)16-12-11(6-14)9(3)17-18(12)5/h8,10,16H,7H2,1-5H3,(H,15,19). The van der Waals surface area contributed by atoms with E-state index in [9.17, 15) is 4.79 Å². The summed E-state index contributed by atoms with van der Waals surface area (Å²) in [4.78, 5) is 11.9. The Bertz CT molecular complexity index is 498. The highest BCUT2D eigenvalue weighted by atomic mass is 16.2. The largest absolute Gasteiger partial charge is 0.358 e. The molecular formula is C13H21N5O. The third-order valence-electron chi connectivity index (χ3n) is 2.77. The number of nitrogens with zero attached hydrogens (tertiary/aromatic N) is 3. The van der Waals surface area contributed by atoms with Gasteiger partial charge in [0.2, 0.25) is 5.91 Å². The summed E-state index contributed by atoms with van der Waals surface area (Å²) < 4.78 is 1.58. The van der Waals surface area contributed by atoms with Crippen LogP contribution in [0.15, 0.2) is 0 Å². The first kappa shape index (κ1) is 15.0. The number of hydrogen-bond donors (Lipinski definition) is 2. The number of amides is 1. The fourth-order valence-corrected chi connectivity index (χ4v) is 1.69. The number of carbonyl (C=O) groups is 1. The second-order valence-corrected chi connectivity index (χ2v) is 5.05. The van der Waals surface area contributed by atoms with Gasteiger partial charge in [-0.15, -0.1) is 0 Å². The van der Waals surface area contributed by atoms with Crippen molar-refractivity contribution in [2.45, 2.75) is 33.7 Å². The van der Waals surface area contributed by atoms with Gasteiger partial charge in [0.15, 0.2) is 0 Å². The molecule has 0 aliphatic heterocycles. The van der Waals surface area contributed by atoms with Gasteiger partial charge in [-0.05, 0) is 19.8 Å². The monoisotopic (exact) mass is 263 g/mol. The summed E-state index contributed by atoms with van der Waals surface area (Å²) in [6.45, 7) is 8.25.